The number of pyridine rings is 10. The Morgan fingerprint density at radius 3 is 0.983 bits per heavy atom. The molecule has 0 spiro atoms. The summed E-state index contributed by atoms with van der Waals surface area (Å²) in [4.78, 5) is 50.6. The molecular weight excluding hydrogens is 1440 g/mol. The molecule has 8 aromatic carbocycles. The summed E-state index contributed by atoms with van der Waals surface area (Å²) in [5.41, 5.74) is 30.1. The summed E-state index contributed by atoms with van der Waals surface area (Å²) in [6.45, 7) is 0. The Balaban J connectivity index is 0.000000117. The largest absolute Gasteiger partial charge is 0.264 e. The number of aromatic nitrogens is 19. The van der Waals surface area contributed by atoms with Crippen LogP contribution in [0.25, 0.3) is 185 Å². The van der Waals surface area contributed by atoms with Crippen LogP contribution in [-0.2, 0) is 0 Å². The fourth-order valence-electron chi connectivity index (χ4n) is 14.0. The number of fused-ring (bicyclic) bond motifs is 3. The van der Waals surface area contributed by atoms with Crippen molar-refractivity contribution in [2.75, 3.05) is 0 Å². The van der Waals surface area contributed by atoms with Crippen LogP contribution in [0.1, 0.15) is 0 Å². The third-order valence-electron chi connectivity index (χ3n) is 19.7. The summed E-state index contributed by atoms with van der Waals surface area (Å²) >= 11 is 0. The van der Waals surface area contributed by atoms with E-state index < -0.39 is 0 Å². The van der Waals surface area contributed by atoms with Crippen LogP contribution in [0.2, 0.25) is 0 Å². The minimum absolute atomic E-state index is 0.751. The van der Waals surface area contributed by atoms with Crippen LogP contribution in [0.3, 0.4) is 0 Å². The molecule has 0 aliphatic heterocycles. The van der Waals surface area contributed by atoms with E-state index in [1.54, 1.807) is 51.6 Å². The van der Waals surface area contributed by atoms with Gasteiger partial charge in [0.05, 0.1) is 62.6 Å². The smallest absolute Gasteiger partial charge is 0.123 e. The Labute approximate surface area is 671 Å². The molecule has 117 heavy (non-hydrogen) atoms. The number of hydrogen-bond donors (Lipinski definition) is 0. The maximum absolute atomic E-state index is 4.98. The third kappa shape index (κ3) is 15.4. The van der Waals surface area contributed by atoms with Crippen molar-refractivity contribution in [3.63, 3.8) is 0 Å². The van der Waals surface area contributed by atoms with Crippen molar-refractivity contribution in [2.45, 2.75) is 0 Å². The molecule has 0 saturated carbocycles. The van der Waals surface area contributed by atoms with E-state index in [4.69, 9.17) is 40.6 Å². The first-order valence-electron chi connectivity index (χ1n) is 37.9. The number of benzene rings is 8. The summed E-state index contributed by atoms with van der Waals surface area (Å²) in [6, 6.07) is 107. The molecule has 0 amide bonds. The third-order valence-corrected chi connectivity index (χ3v) is 19.7. The summed E-state index contributed by atoms with van der Waals surface area (Å²) in [5.74, 6) is 0. The van der Waals surface area contributed by atoms with E-state index in [9.17, 15) is 0 Å². The molecule has 552 valence electrons. The van der Waals surface area contributed by atoms with Crippen molar-refractivity contribution in [3.8, 4) is 152 Å². The lowest BCUT2D eigenvalue weighted by molar-refractivity contribution is 0.766. The Bertz CT molecular complexity index is 6370. The van der Waals surface area contributed by atoms with Crippen molar-refractivity contribution in [2.24, 2.45) is 0 Å². The van der Waals surface area contributed by atoms with Gasteiger partial charge in [-0.1, -0.05) is 140 Å². The quantitative estimate of drug-likeness (QED) is 0.0931. The second-order valence-electron chi connectivity index (χ2n) is 27.4. The molecule has 0 radical (unpaired) electrons. The fourth-order valence-corrected chi connectivity index (χ4v) is 14.0. The van der Waals surface area contributed by atoms with Gasteiger partial charge in [-0.25, -0.2) is 9.97 Å². The van der Waals surface area contributed by atoms with Gasteiger partial charge < -0.3 is 0 Å². The number of hydrogen-bond acceptors (Lipinski definition) is 16. The van der Waals surface area contributed by atoms with Gasteiger partial charge in [0.2, 0.25) is 0 Å². The molecule has 0 fully saturated rings. The van der Waals surface area contributed by atoms with E-state index in [1.165, 1.54) is 0 Å². The Morgan fingerprint density at radius 2 is 0.504 bits per heavy atom. The van der Waals surface area contributed by atoms with Crippen molar-refractivity contribution >= 4 is 33.1 Å². The maximum Gasteiger partial charge on any atom is 0.123 e. The molecule has 0 N–H and O–H groups in total. The van der Waals surface area contributed by atoms with Gasteiger partial charge in [0.25, 0.3) is 0 Å². The highest BCUT2D eigenvalue weighted by Crippen LogP contribution is 2.40. The van der Waals surface area contributed by atoms with Crippen molar-refractivity contribution < 1.29 is 0 Å². The molecule has 0 saturated heterocycles. The standard InChI is InChI=1S/C34H23N5.2C32H21N7/c1-2-14-31(15-3-1)39-37-33-21-30(26-10-4-8-24(18-26)28-12-6-16-35-22-28)20-32(34(33)38-39)27-11-5-9-25(19-27)29-13-7-17-36-23-29;1-2-10-23(11-3-1)39-37-31-21-22(25-14-8-16-29(35-25)27-12-4-6-18-33-27)20-24(32(31)38-39)26-15-9-17-30(36-26)28-13-5-7-19-34-28;1-2-8-27(9-3-1)39-37-31-17-22(23-14-25(20-33-18-23)29-10-4-6-12-35-29)16-28(32(31)38-39)24-15-26(21-34-19-24)30-11-5-7-13-36-30/h1-23H;2*1-21H. The van der Waals surface area contributed by atoms with Crippen LogP contribution < -0.4 is 0 Å². The molecule has 0 atom stereocenters. The first kappa shape index (κ1) is 70.8. The summed E-state index contributed by atoms with van der Waals surface area (Å²) < 4.78 is 0. The highest BCUT2D eigenvalue weighted by molar-refractivity contribution is 5.99. The second kappa shape index (κ2) is 32.4. The minimum Gasteiger partial charge on any atom is -0.264 e. The molecule has 21 rings (SSSR count). The lowest BCUT2D eigenvalue weighted by Crippen LogP contribution is -1.97. The Hall–Kier alpha value is -16.5. The van der Waals surface area contributed by atoms with E-state index in [1.807, 2.05) is 256 Å². The van der Waals surface area contributed by atoms with Gasteiger partial charge in [-0.3, -0.25) is 39.9 Å². The first-order chi connectivity index (χ1) is 57.9. The summed E-state index contributed by atoms with van der Waals surface area (Å²) in [5, 5.41) is 29.3. The van der Waals surface area contributed by atoms with Gasteiger partial charge >= 0.3 is 0 Å². The first-order valence-corrected chi connectivity index (χ1v) is 37.9. The van der Waals surface area contributed by atoms with Gasteiger partial charge in [0.15, 0.2) is 0 Å². The van der Waals surface area contributed by atoms with E-state index in [0.29, 0.717) is 0 Å². The lowest BCUT2D eigenvalue weighted by Gasteiger charge is -2.10. The van der Waals surface area contributed by atoms with Crippen LogP contribution in [0.15, 0.2) is 396 Å². The zero-order valence-corrected chi connectivity index (χ0v) is 62.5. The van der Waals surface area contributed by atoms with Crippen LogP contribution in [-0.4, -0.2) is 94.8 Å². The second-order valence-corrected chi connectivity index (χ2v) is 27.4. The van der Waals surface area contributed by atoms with Gasteiger partial charge in [-0.15, -0.1) is 30.6 Å². The average Bonchev–Trinajstić information content (AvgIpc) is 1.67. The SMILES string of the molecule is c1ccc(-n2nc3cc(-c4cccc(-c5ccccn5)n4)cc(-c4cccc(-c5ccccn5)n4)c3n2)cc1.c1ccc(-n2nc3cc(-c4cccc(-c5cccnc5)c4)cc(-c4cccc(-c5cccnc5)c4)c3n2)cc1.c1ccc(-n2nc3cc(-c4cncc(-c5ccccn5)c4)cc(-c4cncc(-c5ccccn5)c4)c3n2)cc1. The zero-order valence-electron chi connectivity index (χ0n) is 62.5. The molecule has 13 heterocycles. The highest BCUT2D eigenvalue weighted by Gasteiger charge is 2.21. The van der Waals surface area contributed by atoms with E-state index in [2.05, 4.69) is 143 Å². The van der Waals surface area contributed by atoms with Crippen molar-refractivity contribution in [1.29, 1.82) is 0 Å². The van der Waals surface area contributed by atoms with Gasteiger partial charge in [0, 0.05) is 130 Å². The van der Waals surface area contributed by atoms with E-state index >= 15 is 0 Å². The normalized spacial score (nSPS) is 11.1. The Kier molecular flexibility index (Phi) is 19.6. The molecule has 0 aliphatic carbocycles. The lowest BCUT2D eigenvalue weighted by atomic mass is 9.94. The monoisotopic (exact) mass is 1510 g/mol. The highest BCUT2D eigenvalue weighted by atomic mass is 15.5. The molecule has 21 aromatic rings. The van der Waals surface area contributed by atoms with Crippen molar-refractivity contribution in [3.05, 3.63) is 396 Å². The van der Waals surface area contributed by atoms with Gasteiger partial charge in [-0.05, 0) is 215 Å². The Morgan fingerprint density at radius 1 is 0.171 bits per heavy atom. The van der Waals surface area contributed by atoms with E-state index in [0.717, 1.165) is 185 Å². The van der Waals surface area contributed by atoms with Crippen LogP contribution >= 0.6 is 0 Å². The minimum atomic E-state index is 0.751. The molecule has 13 aromatic heterocycles. The average molecular weight is 1510 g/mol. The molecule has 19 heteroatoms. The van der Waals surface area contributed by atoms with Crippen LogP contribution in [0.4, 0.5) is 0 Å². The van der Waals surface area contributed by atoms with E-state index in [-0.39, 0.29) is 0 Å². The topological polar surface area (TPSA) is 221 Å². The van der Waals surface area contributed by atoms with Crippen molar-refractivity contribution in [1.82, 2.24) is 94.8 Å². The molecular formula is C98H65N19. The summed E-state index contributed by atoms with van der Waals surface area (Å²) in [7, 11) is 0. The fraction of sp³-hybridized carbons (Fsp3) is 0. The molecule has 0 unspecified atom stereocenters. The zero-order chi connectivity index (χ0) is 78.1. The van der Waals surface area contributed by atoms with Gasteiger partial charge in [-0.2, -0.15) is 14.4 Å². The predicted octanol–water partition coefficient (Wildman–Crippen LogP) is 21.2. The van der Waals surface area contributed by atoms with Gasteiger partial charge in [0.1, 0.15) is 33.1 Å². The number of para-hydroxylation sites is 3. The number of nitrogens with zero attached hydrogens (tertiary/aromatic N) is 19. The predicted molar refractivity (Wildman–Crippen MR) is 460 cm³/mol. The number of rotatable bonds is 15. The molecule has 19 nitrogen and oxygen atoms in total. The summed E-state index contributed by atoms with van der Waals surface area (Å²) in [6.07, 6.45) is 21.9. The molecule has 0 bridgehead atoms. The maximum atomic E-state index is 4.98. The molecule has 0 aliphatic rings. The van der Waals surface area contributed by atoms with Crippen LogP contribution in [0, 0.1) is 0 Å². The van der Waals surface area contributed by atoms with Crippen LogP contribution in [0.5, 0.6) is 0 Å².